The standard InChI is InChI=1S/C11H13NOS.BrH/c13-11(8-12-6-7-14-9-12)10-4-2-1-3-5-10;/h1-5H,6-9H2;1H. The Hall–Kier alpha value is -0.320. The van der Waals surface area contributed by atoms with Crippen molar-refractivity contribution in [3.63, 3.8) is 0 Å². The van der Waals surface area contributed by atoms with E-state index in [0.29, 0.717) is 6.54 Å². The minimum Gasteiger partial charge on any atom is -0.293 e. The van der Waals surface area contributed by atoms with Gasteiger partial charge in [0.2, 0.25) is 0 Å². The molecule has 0 N–H and O–H groups in total. The van der Waals surface area contributed by atoms with Crippen molar-refractivity contribution in [3.05, 3.63) is 35.9 Å². The van der Waals surface area contributed by atoms with Crippen LogP contribution in [0.25, 0.3) is 0 Å². The van der Waals surface area contributed by atoms with Crippen LogP contribution >= 0.6 is 28.7 Å². The van der Waals surface area contributed by atoms with Crippen molar-refractivity contribution in [3.8, 4) is 0 Å². The largest absolute Gasteiger partial charge is 0.293 e. The summed E-state index contributed by atoms with van der Waals surface area (Å²) in [6.07, 6.45) is 0. The van der Waals surface area contributed by atoms with Gasteiger partial charge in [-0.3, -0.25) is 9.69 Å². The summed E-state index contributed by atoms with van der Waals surface area (Å²) >= 11 is 1.89. The SMILES string of the molecule is Br.O=C(CN1CCSC1)c1ccccc1. The number of carbonyl (C=O) groups excluding carboxylic acids is 1. The Kier molecular flexibility index (Phi) is 5.36. The van der Waals surface area contributed by atoms with Crippen molar-refractivity contribution in [1.82, 2.24) is 4.90 Å². The minimum atomic E-state index is 0. The molecule has 1 aromatic carbocycles. The molecule has 15 heavy (non-hydrogen) atoms. The summed E-state index contributed by atoms with van der Waals surface area (Å²) in [7, 11) is 0. The Morgan fingerprint density at radius 3 is 2.67 bits per heavy atom. The molecule has 0 atom stereocenters. The fourth-order valence-electron chi connectivity index (χ4n) is 1.49. The Morgan fingerprint density at radius 1 is 1.33 bits per heavy atom. The lowest BCUT2D eigenvalue weighted by atomic mass is 10.1. The van der Waals surface area contributed by atoms with Crippen molar-refractivity contribution < 1.29 is 4.79 Å². The van der Waals surface area contributed by atoms with Gasteiger partial charge in [-0.25, -0.2) is 0 Å². The fourth-order valence-corrected chi connectivity index (χ4v) is 2.49. The second-order valence-corrected chi connectivity index (χ2v) is 4.45. The maximum atomic E-state index is 11.7. The van der Waals surface area contributed by atoms with Crippen molar-refractivity contribution in [1.29, 1.82) is 0 Å². The third-order valence-corrected chi connectivity index (χ3v) is 3.31. The van der Waals surface area contributed by atoms with Gasteiger partial charge in [-0.1, -0.05) is 30.3 Å². The molecule has 1 aliphatic rings. The first-order valence-corrected chi connectivity index (χ1v) is 5.90. The smallest absolute Gasteiger partial charge is 0.176 e. The third kappa shape index (κ3) is 3.63. The predicted octanol–water partition coefficient (Wildman–Crippen LogP) is 2.45. The number of ketones is 1. The zero-order chi connectivity index (χ0) is 9.80. The Morgan fingerprint density at radius 2 is 2.07 bits per heavy atom. The van der Waals surface area contributed by atoms with Crippen LogP contribution in [0.4, 0.5) is 0 Å². The van der Waals surface area contributed by atoms with E-state index >= 15 is 0 Å². The van der Waals surface area contributed by atoms with E-state index < -0.39 is 0 Å². The summed E-state index contributed by atoms with van der Waals surface area (Å²) in [6, 6.07) is 9.51. The molecule has 0 radical (unpaired) electrons. The summed E-state index contributed by atoms with van der Waals surface area (Å²) in [5, 5.41) is 0. The van der Waals surface area contributed by atoms with Gasteiger partial charge < -0.3 is 0 Å². The molecule has 2 nitrogen and oxygen atoms in total. The highest BCUT2D eigenvalue weighted by Crippen LogP contribution is 2.13. The van der Waals surface area contributed by atoms with Gasteiger partial charge in [0.05, 0.1) is 6.54 Å². The summed E-state index contributed by atoms with van der Waals surface area (Å²) in [6.45, 7) is 1.61. The van der Waals surface area contributed by atoms with Gasteiger partial charge in [-0.05, 0) is 0 Å². The summed E-state index contributed by atoms with van der Waals surface area (Å²) in [4.78, 5) is 13.9. The maximum Gasteiger partial charge on any atom is 0.176 e. The third-order valence-electron chi connectivity index (χ3n) is 2.29. The lowest BCUT2D eigenvalue weighted by Gasteiger charge is -2.11. The normalized spacial score (nSPS) is 16.0. The van der Waals surface area contributed by atoms with E-state index in [9.17, 15) is 4.79 Å². The predicted molar refractivity (Wildman–Crippen MR) is 70.0 cm³/mol. The minimum absolute atomic E-state index is 0. The highest BCUT2D eigenvalue weighted by molar-refractivity contribution is 8.93. The molecule has 0 spiro atoms. The van der Waals surface area contributed by atoms with Crippen LogP contribution in [0.3, 0.4) is 0 Å². The second kappa shape index (κ2) is 6.30. The van der Waals surface area contributed by atoms with E-state index in [4.69, 9.17) is 0 Å². The van der Waals surface area contributed by atoms with Crippen LogP contribution in [-0.4, -0.2) is 35.4 Å². The van der Waals surface area contributed by atoms with Gasteiger partial charge in [0.25, 0.3) is 0 Å². The molecule has 1 saturated heterocycles. The van der Waals surface area contributed by atoms with Gasteiger partial charge in [-0.2, -0.15) is 0 Å². The van der Waals surface area contributed by atoms with Crippen molar-refractivity contribution in [2.45, 2.75) is 0 Å². The molecule has 0 amide bonds. The number of benzene rings is 1. The average molecular weight is 288 g/mol. The number of rotatable bonds is 3. The van der Waals surface area contributed by atoms with Crippen molar-refractivity contribution in [2.24, 2.45) is 0 Å². The van der Waals surface area contributed by atoms with Gasteiger partial charge in [0.15, 0.2) is 5.78 Å². The number of halogens is 1. The number of hydrogen-bond donors (Lipinski definition) is 0. The summed E-state index contributed by atoms with van der Waals surface area (Å²) in [5.41, 5.74) is 0.824. The van der Waals surface area contributed by atoms with Crippen molar-refractivity contribution >= 4 is 34.5 Å². The number of nitrogens with zero attached hydrogens (tertiary/aromatic N) is 1. The average Bonchev–Trinajstić information content (AvgIpc) is 2.72. The molecule has 0 bridgehead atoms. The topological polar surface area (TPSA) is 20.3 Å². The molecular formula is C11H14BrNOS. The molecule has 82 valence electrons. The van der Waals surface area contributed by atoms with Crippen LogP contribution in [0, 0.1) is 0 Å². The van der Waals surface area contributed by atoms with Crippen LogP contribution < -0.4 is 0 Å². The van der Waals surface area contributed by atoms with E-state index in [1.165, 1.54) is 0 Å². The quantitative estimate of drug-likeness (QED) is 0.797. The Bertz CT molecular complexity index is 312. The first kappa shape index (κ1) is 12.7. The van der Waals surface area contributed by atoms with Crippen LogP contribution in [0.5, 0.6) is 0 Å². The maximum absolute atomic E-state index is 11.7. The van der Waals surface area contributed by atoms with E-state index in [-0.39, 0.29) is 22.8 Å². The van der Waals surface area contributed by atoms with Crippen LogP contribution in [0.15, 0.2) is 30.3 Å². The lowest BCUT2D eigenvalue weighted by Crippen LogP contribution is -2.26. The number of carbonyl (C=O) groups is 1. The molecule has 0 aliphatic carbocycles. The van der Waals surface area contributed by atoms with Gasteiger partial charge >= 0.3 is 0 Å². The number of Topliss-reactive ketones (excluding diaryl/α,β-unsaturated/α-hetero) is 1. The fraction of sp³-hybridized carbons (Fsp3) is 0.364. The van der Waals surface area contributed by atoms with Crippen molar-refractivity contribution in [2.75, 3.05) is 24.7 Å². The van der Waals surface area contributed by atoms with Gasteiger partial charge in [0, 0.05) is 23.7 Å². The Balaban J connectivity index is 0.00000112. The molecule has 1 heterocycles. The molecule has 1 aromatic rings. The number of thioether (sulfide) groups is 1. The molecular weight excluding hydrogens is 274 g/mol. The van der Waals surface area contributed by atoms with Gasteiger partial charge in [-0.15, -0.1) is 28.7 Å². The number of hydrogen-bond acceptors (Lipinski definition) is 3. The Labute approximate surface area is 105 Å². The zero-order valence-electron chi connectivity index (χ0n) is 8.39. The lowest BCUT2D eigenvalue weighted by molar-refractivity contribution is 0.0949. The van der Waals surface area contributed by atoms with Crippen LogP contribution in [-0.2, 0) is 0 Å². The monoisotopic (exact) mass is 287 g/mol. The molecule has 0 aromatic heterocycles. The van der Waals surface area contributed by atoms with Gasteiger partial charge in [0.1, 0.15) is 0 Å². The molecule has 4 heteroatoms. The van der Waals surface area contributed by atoms with E-state index in [0.717, 1.165) is 23.7 Å². The molecule has 0 unspecified atom stereocenters. The first-order chi connectivity index (χ1) is 6.86. The molecule has 1 fully saturated rings. The van der Waals surface area contributed by atoms with E-state index in [1.54, 1.807) is 0 Å². The summed E-state index contributed by atoms with van der Waals surface area (Å²) in [5.74, 6) is 2.38. The van der Waals surface area contributed by atoms with E-state index in [1.807, 2.05) is 42.1 Å². The van der Waals surface area contributed by atoms with E-state index in [2.05, 4.69) is 4.90 Å². The summed E-state index contributed by atoms with van der Waals surface area (Å²) < 4.78 is 0. The highest BCUT2D eigenvalue weighted by atomic mass is 79.9. The molecule has 2 rings (SSSR count). The van der Waals surface area contributed by atoms with Crippen LogP contribution in [0.1, 0.15) is 10.4 Å². The highest BCUT2D eigenvalue weighted by Gasteiger charge is 2.15. The first-order valence-electron chi connectivity index (χ1n) is 4.74. The zero-order valence-corrected chi connectivity index (χ0v) is 10.9. The second-order valence-electron chi connectivity index (χ2n) is 3.38. The molecule has 0 saturated carbocycles. The van der Waals surface area contributed by atoms with Crippen LogP contribution in [0.2, 0.25) is 0 Å². The molecule has 1 aliphatic heterocycles.